The summed E-state index contributed by atoms with van der Waals surface area (Å²) in [6.45, 7) is 7.50. The van der Waals surface area contributed by atoms with Gasteiger partial charge in [0.05, 0.1) is 23.8 Å². The second kappa shape index (κ2) is 9.11. The molecule has 0 saturated carbocycles. The zero-order valence-electron chi connectivity index (χ0n) is 16.7. The minimum atomic E-state index is -0.0440. The molecule has 2 fully saturated rings. The number of nitrogens with one attached hydrogen (secondary N) is 1. The van der Waals surface area contributed by atoms with Crippen LogP contribution in [0.5, 0.6) is 0 Å². The Morgan fingerprint density at radius 1 is 1.24 bits per heavy atom. The highest BCUT2D eigenvalue weighted by Crippen LogP contribution is 2.26. The number of hydrogen-bond acceptors (Lipinski definition) is 5. The normalized spacial score (nSPS) is 22.6. The second-order valence-corrected chi connectivity index (χ2v) is 8.27. The molecule has 29 heavy (non-hydrogen) atoms. The molecule has 7 heteroatoms. The molecule has 3 heterocycles. The van der Waals surface area contributed by atoms with Crippen molar-refractivity contribution in [2.75, 3.05) is 44.7 Å². The molecule has 154 valence electrons. The maximum atomic E-state index is 12.6. The molecule has 2 aliphatic rings. The Balaban J connectivity index is 1.38. The van der Waals surface area contributed by atoms with E-state index in [1.807, 2.05) is 6.07 Å². The van der Waals surface area contributed by atoms with Gasteiger partial charge >= 0.3 is 0 Å². The molecule has 1 N–H and O–H groups in total. The van der Waals surface area contributed by atoms with Crippen molar-refractivity contribution >= 4 is 23.3 Å². The van der Waals surface area contributed by atoms with Crippen LogP contribution in [0.2, 0.25) is 5.02 Å². The summed E-state index contributed by atoms with van der Waals surface area (Å²) in [7, 11) is 0. The van der Waals surface area contributed by atoms with Crippen LogP contribution in [0, 0.1) is 5.92 Å². The molecule has 2 atom stereocenters. The largest absolute Gasteiger partial charge is 0.378 e. The number of benzene rings is 1. The SMILES string of the molecule is CC1CN(Cc2ccccc2)CC1Nc1ncc(C(=O)N2CCOCC2)cc1Cl. The number of amides is 1. The molecule has 1 aromatic heterocycles. The van der Waals surface area contributed by atoms with Gasteiger partial charge in [0.2, 0.25) is 0 Å². The Labute approximate surface area is 176 Å². The van der Waals surface area contributed by atoms with Crippen LogP contribution in [0.15, 0.2) is 42.6 Å². The van der Waals surface area contributed by atoms with Crippen molar-refractivity contribution in [3.63, 3.8) is 0 Å². The molecule has 4 rings (SSSR count). The van der Waals surface area contributed by atoms with Crippen LogP contribution < -0.4 is 5.32 Å². The summed E-state index contributed by atoms with van der Waals surface area (Å²) in [5.41, 5.74) is 1.84. The van der Waals surface area contributed by atoms with E-state index in [1.54, 1.807) is 17.2 Å². The van der Waals surface area contributed by atoms with Gasteiger partial charge in [0.15, 0.2) is 0 Å². The molecule has 1 amide bonds. The lowest BCUT2D eigenvalue weighted by Crippen LogP contribution is -2.40. The monoisotopic (exact) mass is 414 g/mol. The van der Waals surface area contributed by atoms with Crippen LogP contribution in [0.1, 0.15) is 22.8 Å². The van der Waals surface area contributed by atoms with Gasteiger partial charge in [-0.05, 0) is 17.5 Å². The summed E-state index contributed by atoms with van der Waals surface area (Å²) in [5, 5.41) is 3.97. The molecule has 2 aliphatic heterocycles. The third-order valence-corrected chi connectivity index (χ3v) is 5.93. The molecular weight excluding hydrogens is 388 g/mol. The number of carbonyl (C=O) groups is 1. The van der Waals surface area contributed by atoms with Gasteiger partial charge in [-0.3, -0.25) is 9.69 Å². The summed E-state index contributed by atoms with van der Waals surface area (Å²) < 4.78 is 5.31. The predicted molar refractivity (Wildman–Crippen MR) is 114 cm³/mol. The Hall–Kier alpha value is -2.15. The smallest absolute Gasteiger partial charge is 0.255 e. The van der Waals surface area contributed by atoms with Crippen LogP contribution in [0.4, 0.5) is 5.82 Å². The standard InChI is InChI=1S/C22H27ClN4O2/c1-16-13-26(14-17-5-3-2-4-6-17)15-20(16)25-21-19(23)11-18(12-24-21)22(28)27-7-9-29-10-8-27/h2-6,11-12,16,20H,7-10,13-15H2,1H3,(H,24,25). The number of nitrogens with zero attached hydrogens (tertiary/aromatic N) is 3. The Morgan fingerprint density at radius 2 is 2.00 bits per heavy atom. The molecule has 0 aliphatic carbocycles. The van der Waals surface area contributed by atoms with Gasteiger partial charge in [0.1, 0.15) is 5.82 Å². The number of morpholine rings is 1. The van der Waals surface area contributed by atoms with E-state index in [2.05, 4.69) is 46.4 Å². The van der Waals surface area contributed by atoms with Crippen LogP contribution in [0.25, 0.3) is 0 Å². The maximum absolute atomic E-state index is 12.6. The number of hydrogen-bond donors (Lipinski definition) is 1. The number of pyridine rings is 1. The molecule has 1 aromatic carbocycles. The molecule has 0 spiro atoms. The van der Waals surface area contributed by atoms with Gasteiger partial charge in [-0.25, -0.2) is 4.98 Å². The molecule has 0 radical (unpaired) electrons. The van der Waals surface area contributed by atoms with E-state index in [-0.39, 0.29) is 11.9 Å². The van der Waals surface area contributed by atoms with Crippen LogP contribution in [-0.2, 0) is 11.3 Å². The Bertz CT molecular complexity index is 842. The van der Waals surface area contributed by atoms with Crippen LogP contribution in [-0.4, -0.2) is 66.1 Å². The number of likely N-dealkylation sites (tertiary alicyclic amines) is 1. The lowest BCUT2D eigenvalue weighted by molar-refractivity contribution is 0.0302. The lowest BCUT2D eigenvalue weighted by Gasteiger charge is -2.27. The van der Waals surface area contributed by atoms with Gasteiger partial charge in [0.25, 0.3) is 5.91 Å². The summed E-state index contributed by atoms with van der Waals surface area (Å²) in [6.07, 6.45) is 1.62. The van der Waals surface area contributed by atoms with Crippen molar-refractivity contribution in [1.82, 2.24) is 14.8 Å². The van der Waals surface area contributed by atoms with Crippen molar-refractivity contribution in [2.45, 2.75) is 19.5 Å². The predicted octanol–water partition coefficient (Wildman–Crippen LogP) is 3.14. The fourth-order valence-electron chi connectivity index (χ4n) is 4.01. The van der Waals surface area contributed by atoms with Gasteiger partial charge in [-0.15, -0.1) is 0 Å². The quantitative estimate of drug-likeness (QED) is 0.814. The van der Waals surface area contributed by atoms with Crippen molar-refractivity contribution in [1.29, 1.82) is 0 Å². The van der Waals surface area contributed by atoms with E-state index in [1.165, 1.54) is 5.56 Å². The van der Waals surface area contributed by atoms with E-state index < -0.39 is 0 Å². The number of ether oxygens (including phenoxy) is 1. The molecule has 2 saturated heterocycles. The van der Waals surface area contributed by atoms with E-state index in [4.69, 9.17) is 16.3 Å². The van der Waals surface area contributed by atoms with E-state index >= 15 is 0 Å². The zero-order valence-corrected chi connectivity index (χ0v) is 17.4. The number of rotatable bonds is 5. The minimum absolute atomic E-state index is 0.0440. The van der Waals surface area contributed by atoms with E-state index in [0.29, 0.717) is 48.6 Å². The third-order valence-electron chi connectivity index (χ3n) is 5.65. The van der Waals surface area contributed by atoms with Crippen LogP contribution in [0.3, 0.4) is 0 Å². The third kappa shape index (κ3) is 4.89. The first-order chi connectivity index (χ1) is 14.1. The Morgan fingerprint density at radius 3 is 2.72 bits per heavy atom. The lowest BCUT2D eigenvalue weighted by atomic mass is 10.1. The summed E-state index contributed by atoms with van der Waals surface area (Å²) in [6, 6.07) is 12.5. The first kappa shape index (κ1) is 20.1. The van der Waals surface area contributed by atoms with Gasteiger partial charge < -0.3 is 15.0 Å². The zero-order chi connectivity index (χ0) is 20.2. The maximum Gasteiger partial charge on any atom is 0.255 e. The number of aromatic nitrogens is 1. The highest BCUT2D eigenvalue weighted by atomic mass is 35.5. The van der Waals surface area contributed by atoms with Crippen molar-refractivity contribution in [3.05, 3.63) is 58.7 Å². The molecular formula is C22H27ClN4O2. The van der Waals surface area contributed by atoms with Crippen molar-refractivity contribution in [2.24, 2.45) is 5.92 Å². The molecule has 2 unspecified atom stereocenters. The second-order valence-electron chi connectivity index (χ2n) is 7.87. The van der Waals surface area contributed by atoms with Gasteiger partial charge in [-0.1, -0.05) is 48.9 Å². The van der Waals surface area contributed by atoms with Crippen LogP contribution >= 0.6 is 11.6 Å². The number of halogens is 1. The Kier molecular flexibility index (Phi) is 6.33. The summed E-state index contributed by atoms with van der Waals surface area (Å²) in [4.78, 5) is 21.3. The highest BCUT2D eigenvalue weighted by Gasteiger charge is 2.30. The average molecular weight is 415 g/mol. The first-order valence-corrected chi connectivity index (χ1v) is 10.5. The van der Waals surface area contributed by atoms with E-state index in [9.17, 15) is 4.79 Å². The topological polar surface area (TPSA) is 57.7 Å². The fraction of sp³-hybridized carbons (Fsp3) is 0.455. The summed E-state index contributed by atoms with van der Waals surface area (Å²) in [5.74, 6) is 1.08. The molecule has 6 nitrogen and oxygen atoms in total. The minimum Gasteiger partial charge on any atom is -0.378 e. The van der Waals surface area contributed by atoms with Crippen molar-refractivity contribution < 1.29 is 9.53 Å². The molecule has 0 bridgehead atoms. The fourth-order valence-corrected chi connectivity index (χ4v) is 4.23. The van der Waals surface area contributed by atoms with Gasteiger partial charge in [0, 0.05) is 45.0 Å². The van der Waals surface area contributed by atoms with Gasteiger partial charge in [-0.2, -0.15) is 0 Å². The summed E-state index contributed by atoms with van der Waals surface area (Å²) >= 11 is 6.47. The molecule has 2 aromatic rings. The average Bonchev–Trinajstić information content (AvgIpc) is 3.09. The first-order valence-electron chi connectivity index (χ1n) is 10.2. The van der Waals surface area contributed by atoms with E-state index in [0.717, 1.165) is 19.6 Å². The number of anilines is 1. The van der Waals surface area contributed by atoms with Crippen molar-refractivity contribution in [3.8, 4) is 0 Å². The number of carbonyl (C=O) groups excluding carboxylic acids is 1. The highest BCUT2D eigenvalue weighted by molar-refractivity contribution is 6.33.